The topological polar surface area (TPSA) is 93.1 Å². The van der Waals surface area contributed by atoms with Crippen molar-refractivity contribution in [2.24, 2.45) is 11.8 Å². The molecule has 2 N–H and O–H groups in total. The summed E-state index contributed by atoms with van der Waals surface area (Å²) in [5.41, 5.74) is 3.70. The van der Waals surface area contributed by atoms with Gasteiger partial charge in [0.2, 0.25) is 9.84 Å². The Balaban J connectivity index is 1.42. The van der Waals surface area contributed by atoms with Crippen LogP contribution < -0.4 is 9.47 Å². The van der Waals surface area contributed by atoms with Crippen LogP contribution in [0, 0.1) is 11.8 Å². The monoisotopic (exact) mass is 546 g/mol. The molecule has 0 bridgehead atoms. The molecule has 0 aromatic heterocycles. The van der Waals surface area contributed by atoms with Crippen LogP contribution in [0.5, 0.6) is 11.5 Å². The van der Waals surface area contributed by atoms with Gasteiger partial charge >= 0.3 is 0 Å². The van der Waals surface area contributed by atoms with Gasteiger partial charge in [0.15, 0.2) is 0 Å². The first-order valence-electron chi connectivity index (χ1n) is 12.9. The Bertz CT molecular complexity index is 1320. The Morgan fingerprint density at radius 2 is 0.821 bits per heavy atom. The van der Waals surface area contributed by atoms with E-state index in [9.17, 15) is 8.42 Å². The standard InChI is InChI=1S/C32H34O6S/c1-23(19-33)21-37-29-11-3-25(4-12-29)27-7-15-31(16-8-27)39(35,36)32-17-9-28(10-18-32)26-5-13-30(14-6-26)38-22-24(2)20-34/h3-18,23-24,33-34H,19-22H2,1-2H3. The lowest BCUT2D eigenvalue weighted by Crippen LogP contribution is -2.11. The molecule has 0 aliphatic heterocycles. The average Bonchev–Trinajstić information content (AvgIpc) is 2.99. The summed E-state index contributed by atoms with van der Waals surface area (Å²) < 4.78 is 37.9. The molecule has 0 heterocycles. The molecule has 0 saturated carbocycles. The maximum atomic E-state index is 13.3. The van der Waals surface area contributed by atoms with E-state index in [-0.39, 0.29) is 34.8 Å². The van der Waals surface area contributed by atoms with E-state index < -0.39 is 9.84 Å². The van der Waals surface area contributed by atoms with Gasteiger partial charge in [0.1, 0.15) is 11.5 Å². The second-order valence-electron chi connectivity index (χ2n) is 9.80. The van der Waals surface area contributed by atoms with Crippen molar-refractivity contribution in [2.45, 2.75) is 23.6 Å². The van der Waals surface area contributed by atoms with Crippen LogP contribution in [0.4, 0.5) is 0 Å². The number of benzene rings is 4. The molecular formula is C32H34O6S. The molecule has 2 unspecified atom stereocenters. The van der Waals surface area contributed by atoms with Gasteiger partial charge in [-0.1, -0.05) is 62.4 Å². The highest BCUT2D eigenvalue weighted by Crippen LogP contribution is 2.29. The molecule has 0 aliphatic rings. The molecule has 0 amide bonds. The van der Waals surface area contributed by atoms with Crippen molar-refractivity contribution in [2.75, 3.05) is 26.4 Å². The first-order chi connectivity index (χ1) is 18.8. The zero-order valence-electron chi connectivity index (χ0n) is 22.2. The minimum Gasteiger partial charge on any atom is -0.493 e. The first-order valence-corrected chi connectivity index (χ1v) is 14.4. The zero-order chi connectivity index (χ0) is 27.8. The van der Waals surface area contributed by atoms with Gasteiger partial charge in [-0.05, 0) is 70.8 Å². The number of aliphatic hydroxyl groups excluding tert-OH is 2. The molecule has 0 spiro atoms. The van der Waals surface area contributed by atoms with E-state index in [2.05, 4.69) is 0 Å². The highest BCUT2D eigenvalue weighted by Gasteiger charge is 2.18. The summed E-state index contributed by atoms with van der Waals surface area (Å²) in [6.45, 7) is 4.86. The molecule has 0 radical (unpaired) electrons. The van der Waals surface area contributed by atoms with E-state index in [0.29, 0.717) is 13.2 Å². The van der Waals surface area contributed by atoms with Crippen molar-refractivity contribution in [3.63, 3.8) is 0 Å². The fourth-order valence-electron chi connectivity index (χ4n) is 3.86. The number of hydrogen-bond donors (Lipinski definition) is 2. The van der Waals surface area contributed by atoms with Gasteiger partial charge < -0.3 is 19.7 Å². The van der Waals surface area contributed by atoms with Crippen LogP contribution in [0.2, 0.25) is 0 Å². The van der Waals surface area contributed by atoms with Crippen LogP contribution in [0.1, 0.15) is 13.8 Å². The molecule has 39 heavy (non-hydrogen) atoms. The van der Waals surface area contributed by atoms with E-state index >= 15 is 0 Å². The van der Waals surface area contributed by atoms with Gasteiger partial charge in [-0.3, -0.25) is 0 Å². The second kappa shape index (κ2) is 12.9. The van der Waals surface area contributed by atoms with Crippen LogP contribution in [0.15, 0.2) is 107 Å². The number of rotatable bonds is 12. The highest BCUT2D eigenvalue weighted by atomic mass is 32.2. The minimum absolute atomic E-state index is 0.0642. The SMILES string of the molecule is CC(CO)COc1ccc(-c2ccc(S(=O)(=O)c3ccc(-c4ccc(OCC(C)CO)cc4)cc3)cc2)cc1. The van der Waals surface area contributed by atoms with E-state index in [0.717, 1.165) is 33.8 Å². The van der Waals surface area contributed by atoms with Crippen molar-refractivity contribution >= 4 is 9.84 Å². The fourth-order valence-corrected chi connectivity index (χ4v) is 5.12. The predicted octanol–water partition coefficient (Wildman–Crippen LogP) is 5.87. The van der Waals surface area contributed by atoms with Gasteiger partial charge in [0, 0.05) is 25.0 Å². The Labute approximate surface area is 230 Å². The largest absolute Gasteiger partial charge is 0.493 e. The van der Waals surface area contributed by atoms with Gasteiger partial charge in [0.05, 0.1) is 23.0 Å². The van der Waals surface area contributed by atoms with Crippen LogP contribution in [-0.2, 0) is 9.84 Å². The van der Waals surface area contributed by atoms with Gasteiger partial charge in [0.25, 0.3) is 0 Å². The maximum absolute atomic E-state index is 13.3. The Morgan fingerprint density at radius 3 is 1.10 bits per heavy atom. The summed E-state index contributed by atoms with van der Waals surface area (Å²) in [4.78, 5) is 0.464. The van der Waals surface area contributed by atoms with Gasteiger partial charge in [-0.2, -0.15) is 0 Å². The molecule has 4 aromatic rings. The predicted molar refractivity (Wildman–Crippen MR) is 153 cm³/mol. The first kappa shape index (κ1) is 28.4. The summed E-state index contributed by atoms with van der Waals surface area (Å²) in [6, 6.07) is 28.9. The summed E-state index contributed by atoms with van der Waals surface area (Å²) in [6.07, 6.45) is 0. The minimum atomic E-state index is -3.67. The molecule has 0 fully saturated rings. The van der Waals surface area contributed by atoms with Crippen LogP contribution in [0.3, 0.4) is 0 Å². The smallest absolute Gasteiger partial charge is 0.206 e. The van der Waals surface area contributed by atoms with Crippen molar-refractivity contribution < 1.29 is 28.1 Å². The molecule has 2 atom stereocenters. The summed E-state index contributed by atoms with van der Waals surface area (Å²) >= 11 is 0. The average molecular weight is 547 g/mol. The molecule has 204 valence electrons. The van der Waals surface area contributed by atoms with Gasteiger partial charge in [-0.15, -0.1) is 0 Å². The second-order valence-corrected chi connectivity index (χ2v) is 11.7. The Morgan fingerprint density at radius 1 is 0.538 bits per heavy atom. The highest BCUT2D eigenvalue weighted by molar-refractivity contribution is 7.91. The maximum Gasteiger partial charge on any atom is 0.206 e. The third-order valence-electron chi connectivity index (χ3n) is 6.40. The normalized spacial score (nSPS) is 13.0. The van der Waals surface area contributed by atoms with Gasteiger partial charge in [-0.25, -0.2) is 8.42 Å². The summed E-state index contributed by atoms with van der Waals surface area (Å²) in [5, 5.41) is 18.3. The number of ether oxygens (including phenoxy) is 2. The number of aliphatic hydroxyl groups is 2. The van der Waals surface area contributed by atoms with Crippen LogP contribution in [-0.4, -0.2) is 45.1 Å². The Hall–Kier alpha value is -3.65. The van der Waals surface area contributed by atoms with E-state index in [1.54, 1.807) is 48.5 Å². The third kappa shape index (κ3) is 7.26. The number of hydrogen-bond acceptors (Lipinski definition) is 6. The van der Waals surface area contributed by atoms with E-state index in [1.165, 1.54) is 0 Å². The third-order valence-corrected chi connectivity index (χ3v) is 8.18. The van der Waals surface area contributed by atoms with Crippen molar-refractivity contribution in [3.05, 3.63) is 97.1 Å². The van der Waals surface area contributed by atoms with E-state index in [1.807, 2.05) is 62.4 Å². The van der Waals surface area contributed by atoms with Crippen LogP contribution >= 0.6 is 0 Å². The summed E-state index contributed by atoms with van der Waals surface area (Å²) in [5.74, 6) is 1.57. The molecule has 0 saturated heterocycles. The molecular weight excluding hydrogens is 512 g/mol. The molecule has 6 nitrogen and oxygen atoms in total. The Kier molecular flexibility index (Phi) is 9.41. The van der Waals surface area contributed by atoms with Crippen LogP contribution in [0.25, 0.3) is 22.3 Å². The fraction of sp³-hybridized carbons (Fsp3) is 0.250. The van der Waals surface area contributed by atoms with E-state index in [4.69, 9.17) is 19.7 Å². The lowest BCUT2D eigenvalue weighted by Gasteiger charge is -2.11. The lowest BCUT2D eigenvalue weighted by atomic mass is 10.1. The zero-order valence-corrected chi connectivity index (χ0v) is 23.0. The number of sulfone groups is 1. The molecule has 4 aromatic carbocycles. The molecule has 4 rings (SSSR count). The quantitative estimate of drug-likeness (QED) is 0.231. The molecule has 0 aliphatic carbocycles. The molecule has 7 heteroatoms. The summed E-state index contributed by atoms with van der Waals surface area (Å²) in [7, 11) is -3.67. The van der Waals surface area contributed by atoms with Crippen molar-refractivity contribution in [3.8, 4) is 33.8 Å². The van der Waals surface area contributed by atoms with Crippen molar-refractivity contribution in [1.82, 2.24) is 0 Å². The van der Waals surface area contributed by atoms with Crippen molar-refractivity contribution in [1.29, 1.82) is 0 Å². The lowest BCUT2D eigenvalue weighted by molar-refractivity contribution is 0.174.